The van der Waals surface area contributed by atoms with Gasteiger partial charge in [0.1, 0.15) is 11.6 Å². The van der Waals surface area contributed by atoms with Gasteiger partial charge in [-0.05, 0) is 86.6 Å². The monoisotopic (exact) mass is 446 g/mol. The third-order valence-electron chi connectivity index (χ3n) is 6.36. The van der Waals surface area contributed by atoms with E-state index in [2.05, 4.69) is 17.1 Å². The Hall–Kier alpha value is -3.28. The number of nitrogens with two attached hydrogens (primary N) is 1. The second-order valence-electron chi connectivity index (χ2n) is 9.01. The van der Waals surface area contributed by atoms with Crippen LogP contribution in [-0.2, 0) is 11.2 Å². The minimum atomic E-state index is -0.185. The first kappa shape index (κ1) is 22.9. The number of aromatic nitrogens is 2. The van der Waals surface area contributed by atoms with Gasteiger partial charge in [0.15, 0.2) is 0 Å². The Morgan fingerprint density at radius 3 is 2.76 bits per heavy atom. The molecule has 172 valence electrons. The fourth-order valence-electron chi connectivity index (χ4n) is 4.56. The van der Waals surface area contributed by atoms with Gasteiger partial charge in [-0.25, -0.2) is 9.37 Å². The zero-order valence-electron chi connectivity index (χ0n) is 19.4. The highest BCUT2D eigenvalue weighted by molar-refractivity contribution is 5.76. The summed E-state index contributed by atoms with van der Waals surface area (Å²) in [7, 11) is 0. The van der Waals surface area contributed by atoms with E-state index in [1.807, 2.05) is 24.0 Å². The smallest absolute Gasteiger partial charge is 0.222 e. The average Bonchev–Trinajstić information content (AvgIpc) is 2.81. The molecule has 1 saturated heterocycles. The third kappa shape index (κ3) is 5.75. The van der Waals surface area contributed by atoms with Gasteiger partial charge in [0.2, 0.25) is 5.91 Å². The van der Waals surface area contributed by atoms with Gasteiger partial charge < -0.3 is 10.6 Å². The van der Waals surface area contributed by atoms with Crippen molar-refractivity contribution in [2.75, 3.05) is 18.8 Å². The number of pyridine rings is 2. The van der Waals surface area contributed by atoms with Crippen molar-refractivity contribution in [2.45, 2.75) is 51.9 Å². The van der Waals surface area contributed by atoms with Crippen LogP contribution in [0.4, 0.5) is 10.2 Å². The first-order valence-electron chi connectivity index (χ1n) is 11.6. The highest BCUT2D eigenvalue weighted by Crippen LogP contribution is 2.30. The number of benzene rings is 1. The van der Waals surface area contributed by atoms with Crippen LogP contribution < -0.4 is 5.73 Å². The molecule has 1 aliphatic rings. The number of carbonyl (C=O) groups excluding carboxylic acids is 1. The maximum atomic E-state index is 13.5. The predicted octanol–water partition coefficient (Wildman–Crippen LogP) is 5.21. The number of carbonyl (C=O) groups is 1. The molecule has 0 radical (unpaired) electrons. The first-order chi connectivity index (χ1) is 15.9. The number of likely N-dealkylation sites (tertiary alicyclic amines) is 1. The number of nitrogen functional groups attached to an aromatic ring is 1. The van der Waals surface area contributed by atoms with Gasteiger partial charge in [-0.2, -0.15) is 0 Å². The SMILES string of the molecule is Cc1cc(-c2ccc(N)nc2)cc([C@@H]2CCCN(C(=O)CCCc3ccc(F)c(C)c3)C2)n1. The maximum absolute atomic E-state index is 13.5. The van der Waals surface area contributed by atoms with Crippen LogP contribution >= 0.6 is 0 Å². The Bertz CT molecular complexity index is 1130. The molecule has 0 saturated carbocycles. The molecule has 1 aliphatic heterocycles. The molecule has 0 spiro atoms. The second kappa shape index (κ2) is 10.1. The van der Waals surface area contributed by atoms with Crippen LogP contribution in [0.25, 0.3) is 11.1 Å². The number of aryl methyl sites for hydroxylation is 3. The van der Waals surface area contributed by atoms with E-state index >= 15 is 0 Å². The highest BCUT2D eigenvalue weighted by atomic mass is 19.1. The van der Waals surface area contributed by atoms with Crippen molar-refractivity contribution >= 4 is 11.7 Å². The van der Waals surface area contributed by atoms with Crippen LogP contribution in [0.5, 0.6) is 0 Å². The molecule has 1 aromatic carbocycles. The standard InChI is InChI=1S/C27H31FN4O/c1-18-13-20(8-10-24(18)28)5-3-7-27(33)32-12-4-6-22(17-32)25-15-23(14-19(2)31-25)21-9-11-26(29)30-16-21/h8-11,13-16,22H,3-7,12,17H2,1-2H3,(H2,29,30)/t22-/m1/s1. The molecule has 2 aromatic heterocycles. The van der Waals surface area contributed by atoms with Crippen molar-refractivity contribution in [2.24, 2.45) is 0 Å². The minimum absolute atomic E-state index is 0.185. The summed E-state index contributed by atoms with van der Waals surface area (Å²) in [6.45, 7) is 5.27. The van der Waals surface area contributed by atoms with Crippen LogP contribution in [0.1, 0.15) is 54.1 Å². The third-order valence-corrected chi connectivity index (χ3v) is 6.36. The van der Waals surface area contributed by atoms with E-state index in [4.69, 9.17) is 10.7 Å². The van der Waals surface area contributed by atoms with Gasteiger partial charge >= 0.3 is 0 Å². The van der Waals surface area contributed by atoms with Crippen LogP contribution in [0.15, 0.2) is 48.7 Å². The van der Waals surface area contributed by atoms with Crippen molar-refractivity contribution in [3.05, 3.63) is 77.0 Å². The molecule has 5 nitrogen and oxygen atoms in total. The number of hydrogen-bond donors (Lipinski definition) is 1. The Labute approximate surface area is 194 Å². The second-order valence-corrected chi connectivity index (χ2v) is 9.01. The average molecular weight is 447 g/mol. The molecule has 33 heavy (non-hydrogen) atoms. The Morgan fingerprint density at radius 2 is 2.00 bits per heavy atom. The number of rotatable bonds is 6. The lowest BCUT2D eigenvalue weighted by Crippen LogP contribution is -2.39. The lowest BCUT2D eigenvalue weighted by molar-refractivity contribution is -0.132. The molecule has 3 aromatic rings. The zero-order valence-corrected chi connectivity index (χ0v) is 19.4. The topological polar surface area (TPSA) is 72.1 Å². The summed E-state index contributed by atoms with van der Waals surface area (Å²) in [6, 6.07) is 13.1. The van der Waals surface area contributed by atoms with Crippen molar-refractivity contribution in [3.8, 4) is 11.1 Å². The highest BCUT2D eigenvalue weighted by Gasteiger charge is 2.26. The van der Waals surface area contributed by atoms with Crippen LogP contribution in [0.3, 0.4) is 0 Å². The van der Waals surface area contributed by atoms with Crippen LogP contribution in [-0.4, -0.2) is 33.9 Å². The van der Waals surface area contributed by atoms with Gasteiger partial charge in [0, 0.05) is 48.6 Å². The van der Waals surface area contributed by atoms with Crippen LogP contribution in [0, 0.1) is 19.7 Å². The lowest BCUT2D eigenvalue weighted by Gasteiger charge is -2.33. The molecular weight excluding hydrogens is 415 g/mol. The maximum Gasteiger partial charge on any atom is 0.222 e. The van der Waals surface area contributed by atoms with Crippen molar-refractivity contribution in [1.29, 1.82) is 0 Å². The quantitative estimate of drug-likeness (QED) is 0.564. The van der Waals surface area contributed by atoms with Gasteiger partial charge in [-0.1, -0.05) is 12.1 Å². The Kier molecular flexibility index (Phi) is 7.02. The molecule has 1 amide bonds. The molecule has 3 heterocycles. The molecule has 4 rings (SSSR count). The molecular formula is C27H31FN4O. The number of halogens is 1. The summed E-state index contributed by atoms with van der Waals surface area (Å²) in [5.41, 5.74) is 11.5. The fourth-order valence-corrected chi connectivity index (χ4v) is 4.56. The molecule has 2 N–H and O–H groups in total. The predicted molar refractivity (Wildman–Crippen MR) is 129 cm³/mol. The van der Waals surface area contributed by atoms with E-state index in [9.17, 15) is 9.18 Å². The van der Waals surface area contributed by atoms with Crippen molar-refractivity contribution in [3.63, 3.8) is 0 Å². The summed E-state index contributed by atoms with van der Waals surface area (Å²) in [4.78, 5) is 23.9. The van der Waals surface area contributed by atoms with Crippen molar-refractivity contribution < 1.29 is 9.18 Å². The van der Waals surface area contributed by atoms with Gasteiger partial charge in [0.25, 0.3) is 0 Å². The number of anilines is 1. The number of hydrogen-bond acceptors (Lipinski definition) is 4. The molecule has 0 aliphatic carbocycles. The summed E-state index contributed by atoms with van der Waals surface area (Å²) >= 11 is 0. The van der Waals surface area contributed by atoms with Crippen LogP contribution in [0.2, 0.25) is 0 Å². The van der Waals surface area contributed by atoms with E-state index in [-0.39, 0.29) is 17.6 Å². The lowest BCUT2D eigenvalue weighted by atomic mass is 9.92. The molecule has 6 heteroatoms. The van der Waals surface area contributed by atoms with E-state index in [1.165, 1.54) is 6.07 Å². The zero-order chi connectivity index (χ0) is 23.4. The number of nitrogens with zero attached hydrogens (tertiary/aromatic N) is 3. The van der Waals surface area contributed by atoms with Crippen molar-refractivity contribution in [1.82, 2.24) is 14.9 Å². The fraction of sp³-hybridized carbons (Fsp3) is 0.370. The summed E-state index contributed by atoms with van der Waals surface area (Å²) < 4.78 is 13.5. The molecule has 0 unspecified atom stereocenters. The van der Waals surface area contributed by atoms with Gasteiger partial charge in [0.05, 0.1) is 0 Å². The Balaban J connectivity index is 1.39. The largest absolute Gasteiger partial charge is 0.384 e. The van der Waals surface area contributed by atoms with E-state index in [1.54, 1.807) is 25.3 Å². The summed E-state index contributed by atoms with van der Waals surface area (Å²) in [6.07, 6.45) is 5.83. The molecule has 1 fully saturated rings. The van der Waals surface area contributed by atoms with Gasteiger partial charge in [-0.15, -0.1) is 0 Å². The van der Waals surface area contributed by atoms with Gasteiger partial charge in [-0.3, -0.25) is 9.78 Å². The first-order valence-corrected chi connectivity index (χ1v) is 11.6. The molecule has 0 bridgehead atoms. The number of piperidine rings is 1. The Morgan fingerprint density at radius 1 is 1.15 bits per heavy atom. The summed E-state index contributed by atoms with van der Waals surface area (Å²) in [5.74, 6) is 0.729. The van der Waals surface area contributed by atoms with E-state index in [0.29, 0.717) is 24.3 Å². The van der Waals surface area contributed by atoms with E-state index in [0.717, 1.165) is 60.3 Å². The molecule has 1 atom stereocenters. The number of amides is 1. The van der Waals surface area contributed by atoms with E-state index < -0.39 is 0 Å². The normalized spacial score (nSPS) is 16.1. The summed E-state index contributed by atoms with van der Waals surface area (Å²) in [5, 5.41) is 0. The minimum Gasteiger partial charge on any atom is -0.384 e.